The van der Waals surface area contributed by atoms with E-state index in [4.69, 9.17) is 4.74 Å². The molecule has 5 rings (SSSR count). The highest BCUT2D eigenvalue weighted by molar-refractivity contribution is 7.99. The fraction of sp³-hybridized carbons (Fsp3) is 0.632. The number of morpholine rings is 1. The second kappa shape index (κ2) is 8.76. The third-order valence-corrected chi connectivity index (χ3v) is 6.57. The number of rotatable bonds is 6. The largest absolute Gasteiger partial charge is 0.378 e. The second-order valence-corrected chi connectivity index (χ2v) is 8.63. The summed E-state index contributed by atoms with van der Waals surface area (Å²) >= 11 is 1.50. The first kappa shape index (κ1) is 19.6. The quantitative estimate of drug-likeness (QED) is 0.613. The van der Waals surface area contributed by atoms with E-state index in [0.717, 1.165) is 69.3 Å². The zero-order chi connectivity index (χ0) is 20.3. The van der Waals surface area contributed by atoms with E-state index < -0.39 is 0 Å². The molecule has 2 aromatic rings. The molecular weight excluding hydrogens is 404 g/mol. The van der Waals surface area contributed by atoms with E-state index in [9.17, 15) is 4.79 Å². The van der Waals surface area contributed by atoms with Gasteiger partial charge in [0.05, 0.1) is 19.0 Å². The molecular formula is C19H26N8O2S. The smallest absolute Gasteiger partial charge is 0.233 e. The zero-order valence-electron chi connectivity index (χ0n) is 16.9. The topological polar surface area (TPSA) is 92.5 Å². The van der Waals surface area contributed by atoms with Gasteiger partial charge in [-0.1, -0.05) is 11.8 Å². The molecule has 2 saturated heterocycles. The van der Waals surface area contributed by atoms with Crippen molar-refractivity contribution in [1.82, 2.24) is 29.6 Å². The average molecular weight is 431 g/mol. The molecule has 1 saturated carbocycles. The molecule has 0 N–H and O–H groups in total. The van der Waals surface area contributed by atoms with Crippen LogP contribution in [0.2, 0.25) is 0 Å². The maximum atomic E-state index is 12.8. The molecule has 10 nitrogen and oxygen atoms in total. The Morgan fingerprint density at radius 3 is 2.43 bits per heavy atom. The molecule has 1 amide bonds. The highest BCUT2D eigenvalue weighted by atomic mass is 32.2. The van der Waals surface area contributed by atoms with Gasteiger partial charge in [0.15, 0.2) is 5.16 Å². The third-order valence-electron chi connectivity index (χ3n) is 5.64. The lowest BCUT2D eigenvalue weighted by Gasteiger charge is -2.34. The van der Waals surface area contributed by atoms with E-state index in [1.54, 1.807) is 12.4 Å². The molecule has 30 heavy (non-hydrogen) atoms. The van der Waals surface area contributed by atoms with E-state index in [-0.39, 0.29) is 5.91 Å². The van der Waals surface area contributed by atoms with Crippen molar-refractivity contribution in [2.75, 3.05) is 68.0 Å². The number of carbonyl (C=O) groups is 1. The van der Waals surface area contributed by atoms with E-state index in [0.29, 0.717) is 24.9 Å². The van der Waals surface area contributed by atoms with Crippen LogP contribution >= 0.6 is 11.8 Å². The number of hydrogen-bond acceptors (Lipinski definition) is 9. The SMILES string of the molecule is O=C(CSc1nnc(N2CCOCC2)n1C1CC1)N1CCN(c2ncccn2)CC1. The lowest BCUT2D eigenvalue weighted by atomic mass is 10.3. The van der Waals surface area contributed by atoms with Crippen LogP contribution in [-0.2, 0) is 9.53 Å². The zero-order valence-corrected chi connectivity index (χ0v) is 17.7. The summed E-state index contributed by atoms with van der Waals surface area (Å²) < 4.78 is 7.69. The standard InChI is InChI=1S/C19H26N8O2S/c28-16(24-6-8-25(9-7-24)17-20-4-1-5-21-17)14-30-19-23-22-18(27(19)15-2-3-15)26-10-12-29-13-11-26/h1,4-5,15H,2-3,6-14H2. The average Bonchev–Trinajstić information content (AvgIpc) is 3.57. The predicted molar refractivity (Wildman–Crippen MR) is 113 cm³/mol. The molecule has 160 valence electrons. The van der Waals surface area contributed by atoms with E-state index in [2.05, 4.69) is 34.5 Å². The number of hydrogen-bond donors (Lipinski definition) is 0. The fourth-order valence-electron chi connectivity index (χ4n) is 3.83. The molecule has 0 unspecified atom stereocenters. The van der Waals surface area contributed by atoms with Gasteiger partial charge in [0.2, 0.25) is 17.8 Å². The van der Waals surface area contributed by atoms with Crippen molar-refractivity contribution < 1.29 is 9.53 Å². The summed E-state index contributed by atoms with van der Waals surface area (Å²) in [5.41, 5.74) is 0. The fourth-order valence-corrected chi connectivity index (χ4v) is 4.73. The minimum atomic E-state index is 0.145. The Kier molecular flexibility index (Phi) is 5.71. The molecule has 3 aliphatic rings. The number of amides is 1. The Balaban J connectivity index is 1.17. The first-order chi connectivity index (χ1) is 14.8. The van der Waals surface area contributed by atoms with Gasteiger partial charge in [-0.2, -0.15) is 0 Å². The summed E-state index contributed by atoms with van der Waals surface area (Å²) in [4.78, 5) is 27.7. The minimum absolute atomic E-state index is 0.145. The molecule has 4 heterocycles. The first-order valence-corrected chi connectivity index (χ1v) is 11.5. The first-order valence-electron chi connectivity index (χ1n) is 10.5. The number of piperazine rings is 1. The molecule has 0 spiro atoms. The summed E-state index contributed by atoms with van der Waals surface area (Å²) in [6.07, 6.45) is 5.80. The summed E-state index contributed by atoms with van der Waals surface area (Å²) in [5.74, 6) is 2.18. The van der Waals surface area contributed by atoms with Gasteiger partial charge in [0.1, 0.15) is 0 Å². The number of nitrogens with zero attached hydrogens (tertiary/aromatic N) is 8. The van der Waals surface area contributed by atoms with Crippen LogP contribution in [-0.4, -0.2) is 93.8 Å². The van der Waals surface area contributed by atoms with Crippen LogP contribution in [0.5, 0.6) is 0 Å². The molecule has 1 aliphatic carbocycles. The Labute approximate surface area is 179 Å². The molecule has 0 atom stereocenters. The monoisotopic (exact) mass is 430 g/mol. The summed E-state index contributed by atoms with van der Waals surface area (Å²) in [7, 11) is 0. The Morgan fingerprint density at radius 1 is 1.00 bits per heavy atom. The van der Waals surface area contributed by atoms with Gasteiger partial charge in [-0.15, -0.1) is 10.2 Å². The van der Waals surface area contributed by atoms with E-state index in [1.165, 1.54) is 11.8 Å². The normalized spacial score (nSPS) is 19.9. The number of aromatic nitrogens is 5. The van der Waals surface area contributed by atoms with Gasteiger partial charge in [-0.3, -0.25) is 9.36 Å². The third kappa shape index (κ3) is 4.22. The molecule has 2 aromatic heterocycles. The molecule has 0 aromatic carbocycles. The van der Waals surface area contributed by atoms with E-state index >= 15 is 0 Å². The number of carbonyl (C=O) groups excluding carboxylic acids is 1. The molecule has 0 bridgehead atoms. The van der Waals surface area contributed by atoms with Crippen molar-refractivity contribution in [2.45, 2.75) is 24.0 Å². The van der Waals surface area contributed by atoms with Crippen molar-refractivity contribution in [3.05, 3.63) is 18.5 Å². The van der Waals surface area contributed by atoms with Crippen molar-refractivity contribution in [1.29, 1.82) is 0 Å². The van der Waals surface area contributed by atoms with Gasteiger partial charge in [0.25, 0.3) is 0 Å². The summed E-state index contributed by atoms with van der Waals surface area (Å²) in [5, 5.41) is 9.72. The second-order valence-electron chi connectivity index (χ2n) is 7.69. The Hall–Kier alpha value is -2.40. The Morgan fingerprint density at radius 2 is 1.73 bits per heavy atom. The van der Waals surface area contributed by atoms with Gasteiger partial charge < -0.3 is 19.4 Å². The highest BCUT2D eigenvalue weighted by Gasteiger charge is 2.32. The molecule has 2 aliphatic heterocycles. The maximum Gasteiger partial charge on any atom is 0.233 e. The van der Waals surface area contributed by atoms with Crippen LogP contribution in [0.3, 0.4) is 0 Å². The van der Waals surface area contributed by atoms with Crippen molar-refractivity contribution in [3.8, 4) is 0 Å². The molecule has 3 fully saturated rings. The van der Waals surface area contributed by atoms with Gasteiger partial charge >= 0.3 is 0 Å². The molecule has 11 heteroatoms. The van der Waals surface area contributed by atoms with Crippen LogP contribution in [0.15, 0.2) is 23.6 Å². The lowest BCUT2D eigenvalue weighted by Crippen LogP contribution is -2.49. The number of ether oxygens (including phenoxy) is 1. The van der Waals surface area contributed by atoms with Crippen molar-refractivity contribution in [3.63, 3.8) is 0 Å². The van der Waals surface area contributed by atoms with Gasteiger partial charge in [-0.25, -0.2) is 9.97 Å². The van der Waals surface area contributed by atoms with Crippen LogP contribution < -0.4 is 9.80 Å². The van der Waals surface area contributed by atoms with Crippen LogP contribution in [0.4, 0.5) is 11.9 Å². The molecule has 0 radical (unpaired) electrons. The number of anilines is 2. The van der Waals surface area contributed by atoms with Crippen molar-refractivity contribution >= 4 is 29.6 Å². The summed E-state index contributed by atoms with van der Waals surface area (Å²) in [6, 6.07) is 2.27. The van der Waals surface area contributed by atoms with Crippen molar-refractivity contribution in [2.24, 2.45) is 0 Å². The predicted octanol–water partition coefficient (Wildman–Crippen LogP) is 0.680. The van der Waals surface area contributed by atoms with E-state index in [1.807, 2.05) is 11.0 Å². The minimum Gasteiger partial charge on any atom is -0.378 e. The lowest BCUT2D eigenvalue weighted by molar-refractivity contribution is -0.128. The van der Waals surface area contributed by atoms with Gasteiger partial charge in [-0.05, 0) is 18.9 Å². The van der Waals surface area contributed by atoms with Gasteiger partial charge in [0, 0.05) is 57.7 Å². The van der Waals surface area contributed by atoms with Crippen LogP contribution in [0.1, 0.15) is 18.9 Å². The number of thioether (sulfide) groups is 1. The Bertz CT molecular complexity index is 861. The summed E-state index contributed by atoms with van der Waals surface area (Å²) in [6.45, 7) is 5.99. The van der Waals surface area contributed by atoms with Crippen LogP contribution in [0.25, 0.3) is 0 Å². The maximum absolute atomic E-state index is 12.8. The highest BCUT2D eigenvalue weighted by Crippen LogP contribution is 2.41. The van der Waals surface area contributed by atoms with Crippen LogP contribution in [0, 0.1) is 0 Å².